The van der Waals surface area contributed by atoms with Crippen molar-refractivity contribution in [2.45, 2.75) is 23.0 Å². The van der Waals surface area contributed by atoms with Crippen LogP contribution in [0, 0.1) is 0 Å². The molecule has 0 saturated carbocycles. The van der Waals surface area contributed by atoms with Crippen molar-refractivity contribution >= 4 is 50.9 Å². The van der Waals surface area contributed by atoms with Crippen LogP contribution in [0.4, 0.5) is 32.0 Å². The van der Waals surface area contributed by atoms with Crippen LogP contribution in [0.2, 0.25) is 5.02 Å². The molecule has 0 spiro atoms. The lowest BCUT2D eigenvalue weighted by Gasteiger charge is -2.13. The molecule has 21 heavy (non-hydrogen) atoms. The molecule has 0 radical (unpaired) electrons. The molecule has 0 aliphatic carbocycles. The van der Waals surface area contributed by atoms with E-state index >= 15 is 0 Å². The van der Waals surface area contributed by atoms with E-state index in [2.05, 4.69) is 15.9 Å². The molecule has 2 nitrogen and oxygen atoms in total. The topological polar surface area (TPSA) is 29.1 Å². The van der Waals surface area contributed by atoms with Gasteiger partial charge in [-0.15, -0.1) is 0 Å². The highest BCUT2D eigenvalue weighted by Gasteiger charge is 2.39. The van der Waals surface area contributed by atoms with Gasteiger partial charge in [0.05, 0.1) is 10.7 Å². The first-order valence-corrected chi connectivity index (χ1v) is 7.03. The fourth-order valence-electron chi connectivity index (χ4n) is 1.08. The fourth-order valence-corrected chi connectivity index (χ4v) is 2.75. The maximum Gasteiger partial charge on any atom is 0.471 e. The normalized spacial score (nSPS) is 13.4. The van der Waals surface area contributed by atoms with Gasteiger partial charge in [-0.25, -0.2) is 13.2 Å². The zero-order valence-corrected chi connectivity index (χ0v) is 12.8. The van der Waals surface area contributed by atoms with Crippen molar-refractivity contribution in [1.29, 1.82) is 0 Å². The van der Waals surface area contributed by atoms with Gasteiger partial charge in [0.25, 0.3) is 6.43 Å². The Kier molecular flexibility index (Phi) is 6.23. The lowest BCUT2D eigenvalue weighted by Crippen LogP contribution is -2.30. The van der Waals surface area contributed by atoms with Gasteiger partial charge in [0, 0.05) is 9.37 Å². The van der Waals surface area contributed by atoms with Gasteiger partial charge in [0.15, 0.2) is 0 Å². The third-order valence-corrected chi connectivity index (χ3v) is 4.22. The third-order valence-electron chi connectivity index (χ3n) is 1.96. The Morgan fingerprint density at radius 1 is 1.29 bits per heavy atom. The summed E-state index contributed by atoms with van der Waals surface area (Å²) in [6, 6.07) is 1.93. The largest absolute Gasteiger partial charge is 0.471 e. The molecule has 0 aromatic heterocycles. The van der Waals surface area contributed by atoms with Crippen LogP contribution in [0.3, 0.4) is 0 Å². The van der Waals surface area contributed by atoms with Crippen LogP contribution in [-0.2, 0) is 4.79 Å². The Labute approximate surface area is 132 Å². The molecule has 11 heteroatoms. The second-order valence-corrected chi connectivity index (χ2v) is 5.91. The molecule has 1 N–H and O–H groups in total. The number of hydrogen-bond donors (Lipinski definition) is 1. The average Bonchev–Trinajstić information content (AvgIpc) is 2.33. The molecule has 1 aromatic carbocycles. The number of hydrogen-bond acceptors (Lipinski definition) is 2. The number of amides is 1. The number of benzene rings is 1. The number of thioether (sulfide) groups is 1. The Bertz CT molecular complexity index is 541. The van der Waals surface area contributed by atoms with Gasteiger partial charge in [0.2, 0.25) is 5.50 Å². The van der Waals surface area contributed by atoms with Crippen LogP contribution in [0.15, 0.2) is 21.5 Å². The molecule has 0 heterocycles. The minimum absolute atomic E-state index is 0.0810. The van der Waals surface area contributed by atoms with Crippen LogP contribution in [0.5, 0.6) is 0 Å². The van der Waals surface area contributed by atoms with Crippen LogP contribution < -0.4 is 5.32 Å². The smallest absolute Gasteiger partial charge is 0.317 e. The van der Waals surface area contributed by atoms with E-state index in [9.17, 15) is 31.1 Å². The summed E-state index contributed by atoms with van der Waals surface area (Å²) in [5.41, 5.74) is -3.04. The highest BCUT2D eigenvalue weighted by Crippen LogP contribution is 2.39. The quantitative estimate of drug-likeness (QED) is 0.536. The molecule has 0 aliphatic heterocycles. The summed E-state index contributed by atoms with van der Waals surface area (Å²) in [4.78, 5) is 10.7. The molecular weight excluding hydrogens is 412 g/mol. The molecule has 1 atom stereocenters. The second-order valence-electron chi connectivity index (χ2n) is 3.52. The maximum absolute atomic E-state index is 13.0. The first-order valence-electron chi connectivity index (χ1n) is 4.98. The summed E-state index contributed by atoms with van der Waals surface area (Å²) in [5, 5.41) is 1.21. The van der Waals surface area contributed by atoms with Crippen molar-refractivity contribution in [2.75, 3.05) is 5.32 Å². The Morgan fingerprint density at radius 3 is 2.33 bits per heavy atom. The summed E-state index contributed by atoms with van der Waals surface area (Å²) in [5.74, 6) is -2.28. The summed E-state index contributed by atoms with van der Waals surface area (Å²) in [7, 11) is 0. The highest BCUT2D eigenvalue weighted by atomic mass is 79.9. The summed E-state index contributed by atoms with van der Waals surface area (Å²) < 4.78 is 73.7. The predicted octanol–water partition coefficient (Wildman–Crippen LogP) is 5.26. The van der Waals surface area contributed by atoms with Crippen molar-refractivity contribution < 1.29 is 31.1 Å². The Morgan fingerprint density at radius 2 is 1.86 bits per heavy atom. The minimum Gasteiger partial charge on any atom is -0.317 e. The first kappa shape index (κ1) is 18.4. The van der Waals surface area contributed by atoms with Crippen molar-refractivity contribution in [3.63, 3.8) is 0 Å². The lowest BCUT2D eigenvalue weighted by atomic mass is 10.3. The molecule has 0 saturated heterocycles. The fraction of sp³-hybridized carbons (Fsp3) is 0.300. The molecule has 0 aliphatic rings. The second kappa shape index (κ2) is 7.10. The van der Waals surface area contributed by atoms with E-state index in [4.69, 9.17) is 11.6 Å². The van der Waals surface area contributed by atoms with Crippen LogP contribution in [0.25, 0.3) is 0 Å². The van der Waals surface area contributed by atoms with Gasteiger partial charge in [0.1, 0.15) is 0 Å². The number of halogens is 8. The summed E-state index contributed by atoms with van der Waals surface area (Å²) >= 11 is 8.63. The molecule has 1 unspecified atom stereocenters. The average molecular weight is 417 g/mol. The van der Waals surface area contributed by atoms with E-state index in [-0.39, 0.29) is 26.2 Å². The van der Waals surface area contributed by atoms with Crippen molar-refractivity contribution in [3.05, 3.63) is 21.6 Å². The Hall–Kier alpha value is -0.610. The van der Waals surface area contributed by atoms with Crippen LogP contribution in [0.1, 0.15) is 0 Å². The van der Waals surface area contributed by atoms with Gasteiger partial charge in [-0.1, -0.05) is 23.4 Å². The number of carbonyl (C=O) groups is 1. The van der Waals surface area contributed by atoms with Gasteiger partial charge < -0.3 is 5.32 Å². The number of rotatable bonds is 4. The van der Waals surface area contributed by atoms with E-state index in [0.717, 1.165) is 12.1 Å². The lowest BCUT2D eigenvalue weighted by molar-refractivity contribution is -0.167. The van der Waals surface area contributed by atoms with Crippen molar-refractivity contribution in [3.8, 4) is 0 Å². The van der Waals surface area contributed by atoms with E-state index in [1.165, 1.54) is 5.32 Å². The first-order chi connectivity index (χ1) is 9.52. The van der Waals surface area contributed by atoms with Gasteiger partial charge in [-0.05, 0) is 28.1 Å². The van der Waals surface area contributed by atoms with Crippen molar-refractivity contribution in [2.24, 2.45) is 0 Å². The minimum atomic E-state index is -5.14. The van der Waals surface area contributed by atoms with Gasteiger partial charge >= 0.3 is 12.1 Å². The Balaban J connectivity index is 3.04. The molecular formula is C10H5BrClF6NOS. The molecule has 0 fully saturated rings. The summed E-state index contributed by atoms with van der Waals surface area (Å²) in [6.07, 6.45) is -8.42. The summed E-state index contributed by atoms with van der Waals surface area (Å²) in [6.45, 7) is 0. The molecule has 1 aromatic rings. The monoisotopic (exact) mass is 415 g/mol. The zero-order chi connectivity index (χ0) is 16.4. The maximum atomic E-state index is 13.0. The molecule has 1 rings (SSSR count). The molecule has 0 bridgehead atoms. The number of alkyl halides is 6. The zero-order valence-electron chi connectivity index (χ0n) is 9.65. The SMILES string of the molecule is O=C(Nc1cc(SC(F)C(F)F)c(Br)cc1Cl)C(F)(F)F. The van der Waals surface area contributed by atoms with Gasteiger partial charge in [-0.3, -0.25) is 4.79 Å². The van der Waals surface area contributed by atoms with E-state index in [1.807, 2.05) is 0 Å². The van der Waals surface area contributed by atoms with Crippen LogP contribution in [-0.4, -0.2) is 24.0 Å². The third kappa shape index (κ3) is 5.26. The van der Waals surface area contributed by atoms with E-state index < -0.39 is 29.7 Å². The van der Waals surface area contributed by atoms with E-state index in [1.54, 1.807) is 0 Å². The predicted molar refractivity (Wildman–Crippen MR) is 70.6 cm³/mol. The van der Waals surface area contributed by atoms with Gasteiger partial charge in [-0.2, -0.15) is 13.2 Å². The molecule has 1 amide bonds. The number of carbonyl (C=O) groups excluding carboxylic acids is 1. The highest BCUT2D eigenvalue weighted by molar-refractivity contribution is 9.10. The van der Waals surface area contributed by atoms with Crippen molar-refractivity contribution in [1.82, 2.24) is 0 Å². The standard InChI is InChI=1S/C10H5BrClF6NOS/c11-3-1-4(12)5(19-9(20)10(16,17)18)2-6(3)21-8(15)7(13)14/h1-2,7-8H,(H,19,20). The molecule has 118 valence electrons. The number of nitrogens with one attached hydrogen (secondary N) is 1. The number of anilines is 1. The van der Waals surface area contributed by atoms with Crippen LogP contribution >= 0.6 is 39.3 Å². The van der Waals surface area contributed by atoms with E-state index in [0.29, 0.717) is 0 Å².